The molecular weight excluding hydrogens is 444 g/mol. The van der Waals surface area contributed by atoms with Gasteiger partial charge in [-0.25, -0.2) is 0 Å². The number of halogens is 1. The highest BCUT2D eigenvalue weighted by atomic mass is 79.9. The molecule has 7 heteroatoms. The van der Waals surface area contributed by atoms with E-state index in [-0.39, 0.29) is 24.4 Å². The molecule has 3 rings (SSSR count). The van der Waals surface area contributed by atoms with Crippen molar-refractivity contribution in [3.63, 3.8) is 0 Å². The number of nitrogens with one attached hydrogen (secondary N) is 1. The molecule has 0 spiro atoms. The van der Waals surface area contributed by atoms with E-state index in [4.69, 9.17) is 0 Å². The lowest BCUT2D eigenvalue weighted by Crippen LogP contribution is -2.54. The van der Waals surface area contributed by atoms with E-state index in [0.29, 0.717) is 13.1 Å². The Morgan fingerprint density at radius 1 is 1.10 bits per heavy atom. The fraction of sp³-hybridized carbons (Fsp3) is 0.391. The quantitative estimate of drug-likeness (QED) is 0.699. The van der Waals surface area contributed by atoms with E-state index in [1.165, 1.54) is 5.69 Å². The van der Waals surface area contributed by atoms with Crippen molar-refractivity contribution in [2.45, 2.75) is 19.9 Å². The average molecular weight is 473 g/mol. The van der Waals surface area contributed by atoms with Gasteiger partial charge in [0.2, 0.25) is 11.8 Å². The van der Waals surface area contributed by atoms with Crippen LogP contribution in [0.15, 0.2) is 53.0 Å². The monoisotopic (exact) mass is 472 g/mol. The smallest absolute Gasteiger partial charge is 0.239 e. The number of rotatable bonds is 6. The summed E-state index contributed by atoms with van der Waals surface area (Å²) in [6.45, 7) is 6.99. The molecular formula is C23H29BrN4O2. The van der Waals surface area contributed by atoms with Gasteiger partial charge in [-0.2, -0.15) is 0 Å². The minimum atomic E-state index is -0.356. The summed E-state index contributed by atoms with van der Waals surface area (Å²) in [7, 11) is 1.82. The van der Waals surface area contributed by atoms with Crippen LogP contribution >= 0.6 is 15.9 Å². The van der Waals surface area contributed by atoms with Crippen LogP contribution in [0.4, 0.5) is 11.4 Å². The van der Waals surface area contributed by atoms with Gasteiger partial charge in [0, 0.05) is 42.0 Å². The summed E-state index contributed by atoms with van der Waals surface area (Å²) in [5, 5.41) is 2.93. The number of nitrogens with zero attached hydrogens (tertiary/aromatic N) is 3. The zero-order chi connectivity index (χ0) is 21.7. The number of benzene rings is 2. The number of aryl methyl sites for hydroxylation is 1. The number of para-hydroxylation sites is 1. The van der Waals surface area contributed by atoms with Crippen LogP contribution in [-0.4, -0.2) is 67.4 Å². The van der Waals surface area contributed by atoms with Crippen molar-refractivity contribution >= 4 is 39.1 Å². The maximum Gasteiger partial charge on any atom is 0.239 e. The number of hydrogen-bond donors (Lipinski definition) is 1. The summed E-state index contributed by atoms with van der Waals surface area (Å²) in [6, 6.07) is 15.6. The van der Waals surface area contributed by atoms with E-state index in [1.54, 1.807) is 4.90 Å². The van der Waals surface area contributed by atoms with Gasteiger partial charge in [-0.1, -0.05) is 34.1 Å². The number of likely N-dealkylation sites (N-methyl/N-ethyl adjacent to an activating group) is 1. The molecule has 0 aromatic heterocycles. The Bertz CT molecular complexity index is 882. The Kier molecular flexibility index (Phi) is 7.50. The van der Waals surface area contributed by atoms with Gasteiger partial charge >= 0.3 is 0 Å². The van der Waals surface area contributed by atoms with Crippen LogP contribution in [0, 0.1) is 6.92 Å². The second-order valence-electron chi connectivity index (χ2n) is 7.75. The fourth-order valence-electron chi connectivity index (χ4n) is 3.60. The van der Waals surface area contributed by atoms with Crippen molar-refractivity contribution in [3.05, 3.63) is 58.6 Å². The van der Waals surface area contributed by atoms with E-state index in [0.717, 1.165) is 28.8 Å². The predicted octanol–water partition coefficient (Wildman–Crippen LogP) is 3.37. The van der Waals surface area contributed by atoms with Crippen molar-refractivity contribution in [2.75, 3.05) is 50.0 Å². The molecule has 1 fully saturated rings. The Morgan fingerprint density at radius 3 is 2.40 bits per heavy atom. The van der Waals surface area contributed by atoms with Crippen molar-refractivity contribution in [2.24, 2.45) is 0 Å². The van der Waals surface area contributed by atoms with Crippen molar-refractivity contribution < 1.29 is 9.59 Å². The Morgan fingerprint density at radius 2 is 1.77 bits per heavy atom. The van der Waals surface area contributed by atoms with Gasteiger partial charge < -0.3 is 15.1 Å². The highest BCUT2D eigenvalue weighted by Crippen LogP contribution is 2.20. The fourth-order valence-corrected chi connectivity index (χ4v) is 4.07. The van der Waals surface area contributed by atoms with Crippen LogP contribution in [0.3, 0.4) is 0 Å². The topological polar surface area (TPSA) is 55.9 Å². The van der Waals surface area contributed by atoms with Crippen LogP contribution in [0.5, 0.6) is 0 Å². The second-order valence-corrected chi connectivity index (χ2v) is 8.66. The molecule has 1 unspecified atom stereocenters. The Labute approximate surface area is 187 Å². The summed E-state index contributed by atoms with van der Waals surface area (Å²) in [6.07, 6.45) is 0. The summed E-state index contributed by atoms with van der Waals surface area (Å²) < 4.78 is 0.974. The molecule has 6 nitrogen and oxygen atoms in total. The third-order valence-corrected chi connectivity index (χ3v) is 6.08. The SMILES string of the molecule is Cc1cc(Br)ccc1NC(=O)CN(C)C(C)C(=O)N1CCN(c2ccccc2)CC1. The van der Waals surface area contributed by atoms with E-state index >= 15 is 0 Å². The third-order valence-electron chi connectivity index (χ3n) is 5.59. The minimum absolute atomic E-state index is 0.0674. The molecule has 1 atom stereocenters. The van der Waals surface area contributed by atoms with Crippen LogP contribution < -0.4 is 10.2 Å². The van der Waals surface area contributed by atoms with Gasteiger partial charge in [-0.05, 0) is 56.8 Å². The normalized spacial score (nSPS) is 15.2. The molecule has 1 aliphatic rings. The molecule has 30 heavy (non-hydrogen) atoms. The van der Waals surface area contributed by atoms with Gasteiger partial charge in [0.05, 0.1) is 12.6 Å². The van der Waals surface area contributed by atoms with Crippen LogP contribution in [-0.2, 0) is 9.59 Å². The molecule has 2 aromatic rings. The van der Waals surface area contributed by atoms with Gasteiger partial charge in [0.15, 0.2) is 0 Å². The Hall–Kier alpha value is -2.38. The van der Waals surface area contributed by atoms with Crippen LogP contribution in [0.1, 0.15) is 12.5 Å². The molecule has 0 saturated carbocycles. The summed E-state index contributed by atoms with van der Waals surface area (Å²) in [5.74, 6) is -0.0608. The maximum absolute atomic E-state index is 12.9. The lowest BCUT2D eigenvalue weighted by Gasteiger charge is -2.38. The molecule has 0 radical (unpaired) electrons. The molecule has 1 aliphatic heterocycles. The highest BCUT2D eigenvalue weighted by molar-refractivity contribution is 9.10. The van der Waals surface area contributed by atoms with E-state index in [9.17, 15) is 9.59 Å². The number of anilines is 2. The van der Waals surface area contributed by atoms with Crippen molar-refractivity contribution in [1.29, 1.82) is 0 Å². The highest BCUT2D eigenvalue weighted by Gasteiger charge is 2.28. The average Bonchev–Trinajstić information content (AvgIpc) is 2.75. The van der Waals surface area contributed by atoms with Crippen LogP contribution in [0.2, 0.25) is 0 Å². The van der Waals surface area contributed by atoms with Crippen molar-refractivity contribution in [1.82, 2.24) is 9.80 Å². The first-order chi connectivity index (χ1) is 14.3. The number of carbonyl (C=O) groups is 2. The number of piperazine rings is 1. The molecule has 1 N–H and O–H groups in total. The lowest BCUT2D eigenvalue weighted by atomic mass is 10.2. The maximum atomic E-state index is 12.9. The second kappa shape index (κ2) is 10.1. The number of amides is 2. The molecule has 160 valence electrons. The third kappa shape index (κ3) is 5.61. The molecule has 1 saturated heterocycles. The van der Waals surface area contributed by atoms with Gasteiger partial charge in [-0.15, -0.1) is 0 Å². The molecule has 0 bridgehead atoms. The summed E-state index contributed by atoms with van der Waals surface area (Å²) in [5.41, 5.74) is 2.96. The first kappa shape index (κ1) is 22.3. The first-order valence-corrected chi connectivity index (χ1v) is 11.0. The summed E-state index contributed by atoms with van der Waals surface area (Å²) in [4.78, 5) is 31.4. The molecule has 2 amide bonds. The number of hydrogen-bond acceptors (Lipinski definition) is 4. The van der Waals surface area contributed by atoms with Gasteiger partial charge in [0.1, 0.15) is 0 Å². The van der Waals surface area contributed by atoms with Crippen molar-refractivity contribution in [3.8, 4) is 0 Å². The standard InChI is InChI=1S/C23H29BrN4O2/c1-17-15-19(24)9-10-21(17)25-22(29)16-26(3)18(2)23(30)28-13-11-27(12-14-28)20-7-5-4-6-8-20/h4-10,15,18H,11-14,16H2,1-3H3,(H,25,29). The lowest BCUT2D eigenvalue weighted by molar-refractivity contribution is -0.136. The first-order valence-electron chi connectivity index (χ1n) is 10.2. The molecule has 2 aromatic carbocycles. The number of carbonyl (C=O) groups excluding carboxylic acids is 2. The predicted molar refractivity (Wildman–Crippen MR) is 125 cm³/mol. The van der Waals surface area contributed by atoms with E-state index in [2.05, 4.69) is 38.3 Å². The van der Waals surface area contributed by atoms with E-state index < -0.39 is 0 Å². The van der Waals surface area contributed by atoms with Gasteiger partial charge in [-0.3, -0.25) is 14.5 Å². The largest absolute Gasteiger partial charge is 0.368 e. The van der Waals surface area contributed by atoms with Crippen LogP contribution in [0.25, 0.3) is 0 Å². The minimum Gasteiger partial charge on any atom is -0.368 e. The zero-order valence-electron chi connectivity index (χ0n) is 17.8. The molecule has 1 heterocycles. The zero-order valence-corrected chi connectivity index (χ0v) is 19.4. The van der Waals surface area contributed by atoms with Gasteiger partial charge in [0.25, 0.3) is 0 Å². The summed E-state index contributed by atoms with van der Waals surface area (Å²) >= 11 is 3.43. The Balaban J connectivity index is 1.50. The molecule has 0 aliphatic carbocycles. The van der Waals surface area contributed by atoms with E-state index in [1.807, 2.05) is 62.2 Å².